The van der Waals surface area contributed by atoms with Crippen molar-refractivity contribution in [3.8, 4) is 11.5 Å². The van der Waals surface area contributed by atoms with E-state index in [0.717, 1.165) is 94.0 Å². The maximum Gasteiger partial charge on any atom is 0.119 e. The summed E-state index contributed by atoms with van der Waals surface area (Å²) in [5.41, 5.74) is 10.2. The molecule has 0 unspecified atom stereocenters. The van der Waals surface area contributed by atoms with Crippen molar-refractivity contribution in [1.29, 1.82) is 0 Å². The summed E-state index contributed by atoms with van der Waals surface area (Å²) in [7, 11) is 0. The van der Waals surface area contributed by atoms with Gasteiger partial charge in [0, 0.05) is 84.6 Å². The number of pyridine rings is 1. The van der Waals surface area contributed by atoms with E-state index in [2.05, 4.69) is 180 Å². The first-order valence-electron chi connectivity index (χ1n) is 29.1. The lowest BCUT2D eigenvalue weighted by Crippen LogP contribution is -2.29. The molecule has 2 saturated heterocycles. The number of nitrogens with zero attached hydrogens (tertiary/aromatic N) is 4. The Labute approximate surface area is 492 Å². The van der Waals surface area contributed by atoms with Crippen LogP contribution in [0.5, 0.6) is 11.5 Å². The number of hydrogen-bond acceptors (Lipinski definition) is 14. The number of fused-ring (bicyclic) bond motifs is 1. The number of ether oxygens (including phenoxy) is 2. The number of likely N-dealkylation sites (N-methyl/N-ethyl adjacent to an activating group) is 2. The van der Waals surface area contributed by atoms with Crippen LogP contribution in [0.2, 0.25) is 0 Å². The zero-order valence-electron chi connectivity index (χ0n) is 47.8. The molecular formula is C66H87N9O2S3. The predicted molar refractivity (Wildman–Crippen MR) is 341 cm³/mol. The number of anilines is 2. The van der Waals surface area contributed by atoms with E-state index in [0.29, 0.717) is 13.2 Å². The topological polar surface area (TPSA) is 101 Å². The molecule has 2 fully saturated rings. The van der Waals surface area contributed by atoms with Gasteiger partial charge in [0.15, 0.2) is 0 Å². The predicted octanol–water partition coefficient (Wildman–Crippen LogP) is 14.6. The second-order valence-electron chi connectivity index (χ2n) is 19.7. The molecule has 426 valence electrons. The zero-order valence-corrected chi connectivity index (χ0v) is 50.3. The molecule has 0 atom stereocenters. The average Bonchev–Trinajstić information content (AvgIpc) is 4.19. The Bertz CT molecular complexity index is 2740. The molecule has 14 heteroatoms. The lowest BCUT2D eigenvalue weighted by molar-refractivity contribution is 0.221. The van der Waals surface area contributed by atoms with E-state index in [1.807, 2.05) is 74.5 Å². The number of hydrogen-bond donors (Lipinski definition) is 5. The maximum atomic E-state index is 5.71. The van der Waals surface area contributed by atoms with Crippen LogP contribution in [0.3, 0.4) is 0 Å². The minimum Gasteiger partial charge on any atom is -0.492 e. The van der Waals surface area contributed by atoms with Crippen molar-refractivity contribution in [2.24, 2.45) is 0 Å². The Morgan fingerprint density at radius 3 is 1.45 bits per heavy atom. The van der Waals surface area contributed by atoms with Crippen molar-refractivity contribution in [1.82, 2.24) is 35.0 Å². The average molecular weight is 1130 g/mol. The Kier molecular flexibility index (Phi) is 28.5. The van der Waals surface area contributed by atoms with Gasteiger partial charge in [-0.3, -0.25) is 14.8 Å². The van der Waals surface area contributed by atoms with Gasteiger partial charge in [-0.25, -0.2) is 4.31 Å². The quantitative estimate of drug-likeness (QED) is 0.0263. The van der Waals surface area contributed by atoms with E-state index < -0.39 is 0 Å². The van der Waals surface area contributed by atoms with Crippen LogP contribution in [0.15, 0.2) is 185 Å². The monoisotopic (exact) mass is 1130 g/mol. The largest absolute Gasteiger partial charge is 0.492 e. The van der Waals surface area contributed by atoms with E-state index in [4.69, 9.17) is 9.47 Å². The van der Waals surface area contributed by atoms with Gasteiger partial charge in [-0.2, -0.15) is 0 Å². The van der Waals surface area contributed by atoms with Crippen LogP contribution in [0.1, 0.15) is 93.3 Å². The van der Waals surface area contributed by atoms with Gasteiger partial charge in [-0.05, 0) is 226 Å². The molecule has 4 heterocycles. The fourth-order valence-electron chi connectivity index (χ4n) is 9.36. The second kappa shape index (κ2) is 36.8. The van der Waals surface area contributed by atoms with E-state index in [9.17, 15) is 0 Å². The van der Waals surface area contributed by atoms with Gasteiger partial charge >= 0.3 is 0 Å². The molecule has 7 aromatic rings. The summed E-state index contributed by atoms with van der Waals surface area (Å²) < 4.78 is 20.7. The molecule has 6 aromatic carbocycles. The fraction of sp³-hybridized carbons (Fsp3) is 0.379. The van der Waals surface area contributed by atoms with Crippen molar-refractivity contribution in [3.05, 3.63) is 203 Å². The zero-order chi connectivity index (χ0) is 55.7. The van der Waals surface area contributed by atoms with Gasteiger partial charge in [0.1, 0.15) is 24.7 Å². The SMILES string of the molecule is CC.CCNCCOc1ccc(NSc2cccc(CN3CCCC3)c2)cc1.CCNCCOc1ccc(NSc2cccc(CN3CCCCC3)c2)cc1.c1ccc(CNCc2cccc(SN3Cc4ccccc4C3)c2)nc1. The molecule has 80 heavy (non-hydrogen) atoms. The van der Waals surface area contributed by atoms with Crippen LogP contribution in [0, 0.1) is 0 Å². The minimum atomic E-state index is 0.694. The molecule has 0 aliphatic carbocycles. The molecule has 1 aromatic heterocycles. The van der Waals surface area contributed by atoms with Gasteiger partial charge in [0.2, 0.25) is 0 Å². The number of nitrogens with one attached hydrogen (secondary N) is 5. The normalized spacial score (nSPS) is 14.1. The van der Waals surface area contributed by atoms with Crippen molar-refractivity contribution in [2.45, 2.75) is 114 Å². The summed E-state index contributed by atoms with van der Waals surface area (Å²) in [5, 5.41) is 9.97. The third-order valence-electron chi connectivity index (χ3n) is 13.4. The summed E-state index contributed by atoms with van der Waals surface area (Å²) in [6.45, 7) is 24.0. The minimum absolute atomic E-state index is 0.694. The van der Waals surface area contributed by atoms with E-state index in [1.165, 1.54) is 101 Å². The summed E-state index contributed by atoms with van der Waals surface area (Å²) >= 11 is 5.16. The number of piperidine rings is 1. The first kappa shape index (κ1) is 62.1. The Hall–Kier alpha value is -5.52. The van der Waals surface area contributed by atoms with Crippen LogP contribution in [0.25, 0.3) is 0 Å². The third kappa shape index (κ3) is 23.1. The van der Waals surface area contributed by atoms with E-state index in [-0.39, 0.29) is 0 Å². The van der Waals surface area contributed by atoms with Crippen LogP contribution < -0.4 is 34.9 Å². The van der Waals surface area contributed by atoms with Gasteiger partial charge in [0.25, 0.3) is 0 Å². The molecule has 3 aliphatic heterocycles. The smallest absolute Gasteiger partial charge is 0.119 e. The van der Waals surface area contributed by atoms with Crippen molar-refractivity contribution >= 4 is 47.2 Å². The molecule has 0 spiro atoms. The lowest BCUT2D eigenvalue weighted by atomic mass is 10.1. The summed E-state index contributed by atoms with van der Waals surface area (Å²) in [4.78, 5) is 13.2. The highest BCUT2D eigenvalue weighted by Gasteiger charge is 2.19. The van der Waals surface area contributed by atoms with E-state index >= 15 is 0 Å². The highest BCUT2D eigenvalue weighted by atomic mass is 32.2. The van der Waals surface area contributed by atoms with Crippen molar-refractivity contribution in [2.75, 3.05) is 75.0 Å². The number of likely N-dealkylation sites (tertiary alicyclic amines) is 2. The molecule has 11 nitrogen and oxygen atoms in total. The Balaban J connectivity index is 0.000000171. The maximum absolute atomic E-state index is 5.71. The highest BCUT2D eigenvalue weighted by molar-refractivity contribution is 8.00. The first-order valence-corrected chi connectivity index (χ1v) is 31.5. The number of benzene rings is 6. The molecular weight excluding hydrogens is 1050 g/mol. The van der Waals surface area contributed by atoms with Gasteiger partial charge in [-0.1, -0.05) is 101 Å². The summed E-state index contributed by atoms with van der Waals surface area (Å²) in [6, 6.07) is 57.5. The molecule has 10 rings (SSSR count). The van der Waals surface area contributed by atoms with Gasteiger partial charge in [-0.15, -0.1) is 0 Å². The van der Waals surface area contributed by atoms with Crippen LogP contribution >= 0.6 is 35.8 Å². The van der Waals surface area contributed by atoms with Gasteiger partial charge < -0.3 is 34.9 Å². The molecule has 5 N–H and O–H groups in total. The van der Waals surface area contributed by atoms with Crippen LogP contribution in [-0.2, 0) is 39.3 Å². The summed E-state index contributed by atoms with van der Waals surface area (Å²) in [6.07, 6.45) is 8.57. The van der Waals surface area contributed by atoms with Crippen LogP contribution in [0.4, 0.5) is 11.4 Å². The molecule has 3 aliphatic rings. The summed E-state index contributed by atoms with van der Waals surface area (Å²) in [5.74, 6) is 1.82. The van der Waals surface area contributed by atoms with Crippen LogP contribution in [-0.4, -0.2) is 84.7 Å². The third-order valence-corrected chi connectivity index (χ3v) is 16.1. The Morgan fingerprint density at radius 2 is 0.950 bits per heavy atom. The van der Waals surface area contributed by atoms with Crippen molar-refractivity contribution in [3.63, 3.8) is 0 Å². The molecule has 0 radical (unpaired) electrons. The van der Waals surface area contributed by atoms with Crippen molar-refractivity contribution < 1.29 is 9.47 Å². The van der Waals surface area contributed by atoms with Gasteiger partial charge in [0.05, 0.1) is 5.69 Å². The highest BCUT2D eigenvalue weighted by Crippen LogP contribution is 2.33. The number of aromatic nitrogens is 1. The second-order valence-corrected chi connectivity index (χ2v) is 22.6. The Morgan fingerprint density at radius 1 is 0.475 bits per heavy atom. The number of rotatable bonds is 26. The first-order chi connectivity index (χ1) is 39.5. The van der Waals surface area contributed by atoms with E-state index in [1.54, 1.807) is 23.9 Å². The molecule has 0 saturated carbocycles. The standard InChI is InChI=1S/C22H31N3OS.C21H29N3OS.C21H21N3S.C2H6/c1-2-23-13-16-26-21-11-9-20(10-12-21)24-27-22-8-6-7-19(17-22)18-25-14-4-3-5-15-25;1-2-22-12-15-25-20-10-8-19(9-11-20)23-26-21-7-5-6-18(16-21)17-24-13-3-4-14-24;1-2-8-19-16-24(15-18(19)7-1)25-21-10-5-6-17(12-21)13-22-14-20-9-3-4-11-23-20;1-2/h6-12,17,23-24H,2-5,13-16,18H2,1H3;5-11,16,22-23H,2-4,12-15,17H2,1H3;1-12,22H,13-16H2;1-2H3. The molecule has 0 bridgehead atoms. The fourth-order valence-corrected chi connectivity index (χ4v) is 11.9. The lowest BCUT2D eigenvalue weighted by Gasteiger charge is -2.26. The molecule has 0 amide bonds.